The Bertz CT molecular complexity index is 881. The number of anilines is 2. The molecule has 7 heteroatoms. The van der Waals surface area contributed by atoms with Gasteiger partial charge in [0.25, 0.3) is 0 Å². The van der Waals surface area contributed by atoms with Crippen LogP contribution in [0, 0.1) is 6.92 Å². The van der Waals surface area contributed by atoms with Gasteiger partial charge < -0.3 is 24.4 Å². The molecule has 0 fully saturated rings. The molecule has 0 aliphatic carbocycles. The van der Waals surface area contributed by atoms with E-state index in [1.54, 1.807) is 30.2 Å². The number of ether oxygens (including phenoxy) is 3. The van der Waals surface area contributed by atoms with Gasteiger partial charge in [0.15, 0.2) is 11.5 Å². The number of carbonyl (C=O) groups is 2. The SMILES string of the molecule is COc1ccc(C)cc1NC(=O)CCN(C(C)=O)c1ccc2c(c1)OCCO2. The summed E-state index contributed by atoms with van der Waals surface area (Å²) >= 11 is 0. The lowest BCUT2D eigenvalue weighted by atomic mass is 10.2. The molecule has 1 N–H and O–H groups in total. The van der Waals surface area contributed by atoms with Crippen molar-refractivity contribution in [1.29, 1.82) is 0 Å². The second kappa shape index (κ2) is 8.65. The molecule has 0 saturated heterocycles. The van der Waals surface area contributed by atoms with E-state index in [1.807, 2.05) is 25.1 Å². The maximum absolute atomic E-state index is 12.4. The second-order valence-corrected chi connectivity index (χ2v) is 6.50. The smallest absolute Gasteiger partial charge is 0.226 e. The normalized spacial score (nSPS) is 12.2. The van der Waals surface area contributed by atoms with Crippen molar-refractivity contribution >= 4 is 23.2 Å². The summed E-state index contributed by atoms with van der Waals surface area (Å²) < 4.78 is 16.4. The van der Waals surface area contributed by atoms with Crippen LogP contribution in [0.15, 0.2) is 36.4 Å². The number of methoxy groups -OCH3 is 1. The van der Waals surface area contributed by atoms with Gasteiger partial charge in [0.05, 0.1) is 12.8 Å². The van der Waals surface area contributed by atoms with Crippen molar-refractivity contribution in [2.45, 2.75) is 20.3 Å². The standard InChI is InChI=1S/C21H24N2O5/c1-14-4-6-18(26-3)17(12-14)22-21(25)8-9-23(15(2)24)16-5-7-19-20(13-16)28-11-10-27-19/h4-7,12-13H,8-11H2,1-3H3,(H,22,25). The van der Waals surface area contributed by atoms with Crippen LogP contribution in [0.3, 0.4) is 0 Å². The number of benzene rings is 2. The summed E-state index contributed by atoms with van der Waals surface area (Å²) in [5.74, 6) is 1.49. The van der Waals surface area contributed by atoms with Crippen molar-refractivity contribution in [3.63, 3.8) is 0 Å². The van der Waals surface area contributed by atoms with Crippen molar-refractivity contribution in [3.8, 4) is 17.2 Å². The van der Waals surface area contributed by atoms with Gasteiger partial charge in [-0.3, -0.25) is 9.59 Å². The Kier molecular flexibility index (Phi) is 6.03. The fraction of sp³-hybridized carbons (Fsp3) is 0.333. The van der Waals surface area contributed by atoms with Gasteiger partial charge in [-0.1, -0.05) is 6.07 Å². The van der Waals surface area contributed by atoms with Crippen molar-refractivity contribution in [1.82, 2.24) is 0 Å². The van der Waals surface area contributed by atoms with Gasteiger partial charge in [-0.05, 0) is 36.8 Å². The highest BCUT2D eigenvalue weighted by atomic mass is 16.6. The largest absolute Gasteiger partial charge is 0.495 e. The Labute approximate surface area is 164 Å². The first-order valence-electron chi connectivity index (χ1n) is 9.10. The molecule has 0 spiro atoms. The van der Waals surface area contributed by atoms with E-state index in [9.17, 15) is 9.59 Å². The Morgan fingerprint density at radius 1 is 1.11 bits per heavy atom. The molecule has 0 atom stereocenters. The Morgan fingerprint density at radius 3 is 2.57 bits per heavy atom. The molecular formula is C21H24N2O5. The quantitative estimate of drug-likeness (QED) is 0.828. The van der Waals surface area contributed by atoms with Crippen LogP contribution in [0.2, 0.25) is 0 Å². The number of aryl methyl sites for hydroxylation is 1. The van der Waals surface area contributed by atoms with Crippen LogP contribution >= 0.6 is 0 Å². The predicted molar refractivity (Wildman–Crippen MR) is 106 cm³/mol. The number of rotatable bonds is 6. The zero-order valence-electron chi connectivity index (χ0n) is 16.3. The van der Waals surface area contributed by atoms with Crippen molar-refractivity contribution in [2.75, 3.05) is 37.1 Å². The third-order valence-electron chi connectivity index (χ3n) is 4.41. The van der Waals surface area contributed by atoms with E-state index < -0.39 is 0 Å². The van der Waals surface area contributed by atoms with E-state index >= 15 is 0 Å². The van der Waals surface area contributed by atoms with E-state index in [2.05, 4.69) is 5.32 Å². The van der Waals surface area contributed by atoms with Crippen LogP contribution in [0.1, 0.15) is 18.9 Å². The van der Waals surface area contributed by atoms with Crippen LogP contribution < -0.4 is 24.4 Å². The summed E-state index contributed by atoms with van der Waals surface area (Å²) in [6.45, 7) is 4.63. The molecule has 0 aromatic heterocycles. The fourth-order valence-corrected chi connectivity index (χ4v) is 3.01. The molecular weight excluding hydrogens is 360 g/mol. The molecule has 7 nitrogen and oxygen atoms in total. The third kappa shape index (κ3) is 4.54. The molecule has 3 rings (SSSR count). The zero-order valence-corrected chi connectivity index (χ0v) is 16.3. The maximum Gasteiger partial charge on any atom is 0.226 e. The van der Waals surface area contributed by atoms with Crippen LogP contribution in [-0.2, 0) is 9.59 Å². The van der Waals surface area contributed by atoms with Crippen molar-refractivity contribution in [2.24, 2.45) is 0 Å². The summed E-state index contributed by atoms with van der Waals surface area (Å²) in [5, 5.41) is 2.85. The molecule has 2 amide bonds. The molecule has 148 valence electrons. The lowest BCUT2D eigenvalue weighted by molar-refractivity contribution is -0.117. The first-order valence-corrected chi connectivity index (χ1v) is 9.10. The highest BCUT2D eigenvalue weighted by molar-refractivity contribution is 5.95. The Hall–Kier alpha value is -3.22. The van der Waals surface area contributed by atoms with Crippen LogP contribution in [0.25, 0.3) is 0 Å². The second-order valence-electron chi connectivity index (χ2n) is 6.50. The van der Waals surface area contributed by atoms with E-state index in [4.69, 9.17) is 14.2 Å². The van der Waals surface area contributed by atoms with Gasteiger partial charge in [-0.15, -0.1) is 0 Å². The first-order chi connectivity index (χ1) is 13.5. The minimum atomic E-state index is -0.201. The number of amides is 2. The number of hydrogen-bond acceptors (Lipinski definition) is 5. The topological polar surface area (TPSA) is 77.1 Å². The summed E-state index contributed by atoms with van der Waals surface area (Å²) in [5.41, 5.74) is 2.29. The molecule has 0 unspecified atom stereocenters. The minimum Gasteiger partial charge on any atom is -0.495 e. The molecule has 2 aromatic rings. The molecule has 28 heavy (non-hydrogen) atoms. The number of nitrogens with one attached hydrogen (secondary N) is 1. The average molecular weight is 384 g/mol. The van der Waals surface area contributed by atoms with E-state index in [0.717, 1.165) is 5.56 Å². The average Bonchev–Trinajstić information content (AvgIpc) is 2.68. The number of fused-ring (bicyclic) bond motifs is 1. The highest BCUT2D eigenvalue weighted by Gasteiger charge is 2.18. The summed E-state index contributed by atoms with van der Waals surface area (Å²) in [6.07, 6.45) is 0.144. The monoisotopic (exact) mass is 384 g/mol. The van der Waals surface area contributed by atoms with Gasteiger partial charge >= 0.3 is 0 Å². The summed E-state index contributed by atoms with van der Waals surface area (Å²) in [7, 11) is 1.56. The molecule has 2 aromatic carbocycles. The first kappa shape index (κ1) is 19.5. The maximum atomic E-state index is 12.4. The molecule has 1 heterocycles. The van der Waals surface area contributed by atoms with Crippen molar-refractivity contribution in [3.05, 3.63) is 42.0 Å². The van der Waals surface area contributed by atoms with Crippen LogP contribution in [-0.4, -0.2) is 38.7 Å². The molecule has 0 radical (unpaired) electrons. The lowest BCUT2D eigenvalue weighted by Crippen LogP contribution is -2.32. The lowest BCUT2D eigenvalue weighted by Gasteiger charge is -2.24. The van der Waals surface area contributed by atoms with Crippen LogP contribution in [0.5, 0.6) is 17.2 Å². The van der Waals surface area contributed by atoms with E-state index in [0.29, 0.717) is 41.8 Å². The minimum absolute atomic E-state index is 0.144. The van der Waals surface area contributed by atoms with Crippen molar-refractivity contribution < 1.29 is 23.8 Å². The summed E-state index contributed by atoms with van der Waals surface area (Å²) in [4.78, 5) is 26.1. The predicted octanol–water partition coefficient (Wildman–Crippen LogP) is 3.16. The van der Waals surface area contributed by atoms with Gasteiger partial charge in [0, 0.05) is 31.6 Å². The molecule has 1 aliphatic heterocycles. The van der Waals surface area contributed by atoms with E-state index in [-0.39, 0.29) is 24.8 Å². The fourth-order valence-electron chi connectivity index (χ4n) is 3.01. The van der Waals surface area contributed by atoms with Gasteiger partial charge in [-0.25, -0.2) is 0 Å². The number of hydrogen-bond donors (Lipinski definition) is 1. The molecule has 0 saturated carbocycles. The number of carbonyl (C=O) groups excluding carboxylic acids is 2. The molecule has 1 aliphatic rings. The Balaban J connectivity index is 1.68. The van der Waals surface area contributed by atoms with E-state index in [1.165, 1.54) is 6.92 Å². The third-order valence-corrected chi connectivity index (χ3v) is 4.41. The van der Waals surface area contributed by atoms with Crippen LogP contribution in [0.4, 0.5) is 11.4 Å². The zero-order chi connectivity index (χ0) is 20.1. The molecule has 0 bridgehead atoms. The van der Waals surface area contributed by atoms with Gasteiger partial charge in [0.1, 0.15) is 19.0 Å². The number of nitrogens with zero attached hydrogens (tertiary/aromatic N) is 1. The van der Waals surface area contributed by atoms with Gasteiger partial charge in [0.2, 0.25) is 11.8 Å². The van der Waals surface area contributed by atoms with Gasteiger partial charge in [-0.2, -0.15) is 0 Å². The highest BCUT2D eigenvalue weighted by Crippen LogP contribution is 2.34. The summed E-state index contributed by atoms with van der Waals surface area (Å²) in [6, 6.07) is 10.9. The Morgan fingerprint density at radius 2 is 1.86 bits per heavy atom.